The summed E-state index contributed by atoms with van der Waals surface area (Å²) in [5, 5.41) is 14.7. The van der Waals surface area contributed by atoms with Gasteiger partial charge >= 0.3 is 0 Å². The van der Waals surface area contributed by atoms with E-state index in [1.807, 2.05) is 6.92 Å². The highest BCUT2D eigenvalue weighted by molar-refractivity contribution is 7.17. The third-order valence-electron chi connectivity index (χ3n) is 2.75. The van der Waals surface area contributed by atoms with Crippen molar-refractivity contribution >= 4 is 22.4 Å². The van der Waals surface area contributed by atoms with E-state index in [1.165, 1.54) is 24.2 Å². The molecule has 0 radical (unpaired) electrons. The van der Waals surface area contributed by atoms with Crippen LogP contribution in [0.25, 0.3) is 0 Å². The lowest BCUT2D eigenvalue weighted by atomic mass is 10.4. The number of rotatable bonds is 9. The number of carbonyl (C=O) groups is 1. The highest BCUT2D eigenvalue weighted by Gasteiger charge is 2.20. The molecule has 2 rings (SSSR count). The lowest BCUT2D eigenvalue weighted by Crippen LogP contribution is -2.25. The zero-order valence-electron chi connectivity index (χ0n) is 11.1. The summed E-state index contributed by atoms with van der Waals surface area (Å²) in [4.78, 5) is 11.7. The molecular weight excluding hydrogens is 264 g/mol. The van der Waals surface area contributed by atoms with Gasteiger partial charge in [0.2, 0.25) is 10.1 Å². The van der Waals surface area contributed by atoms with Crippen LogP contribution in [0.3, 0.4) is 0 Å². The Morgan fingerprint density at radius 3 is 3.05 bits per heavy atom. The molecule has 19 heavy (non-hydrogen) atoms. The standard InChI is InChI=1S/C12H20N4O2S/c1-2-13-12-16-15-11(19-12)10(17)14-6-3-7-18-8-9-4-5-9/h9H,2-8H2,1H3,(H,13,16)(H,14,17). The van der Waals surface area contributed by atoms with Gasteiger partial charge < -0.3 is 15.4 Å². The van der Waals surface area contributed by atoms with Gasteiger partial charge in [0.05, 0.1) is 0 Å². The third-order valence-corrected chi connectivity index (χ3v) is 3.63. The van der Waals surface area contributed by atoms with Crippen molar-refractivity contribution in [3.63, 3.8) is 0 Å². The Balaban J connectivity index is 1.57. The molecule has 106 valence electrons. The molecule has 0 aromatic carbocycles. The van der Waals surface area contributed by atoms with E-state index < -0.39 is 0 Å². The number of anilines is 1. The van der Waals surface area contributed by atoms with E-state index >= 15 is 0 Å². The van der Waals surface area contributed by atoms with Crippen LogP contribution in [-0.4, -0.2) is 42.4 Å². The van der Waals surface area contributed by atoms with Crippen LogP contribution in [0.5, 0.6) is 0 Å². The van der Waals surface area contributed by atoms with Crippen LogP contribution in [-0.2, 0) is 4.74 Å². The summed E-state index contributed by atoms with van der Waals surface area (Å²) >= 11 is 1.27. The summed E-state index contributed by atoms with van der Waals surface area (Å²) in [6, 6.07) is 0. The quantitative estimate of drug-likeness (QED) is 0.672. The molecule has 7 heteroatoms. The molecule has 0 spiro atoms. The fourth-order valence-corrected chi connectivity index (χ4v) is 2.25. The molecule has 1 aliphatic carbocycles. The molecule has 0 unspecified atom stereocenters. The summed E-state index contributed by atoms with van der Waals surface area (Å²) in [6.07, 6.45) is 3.45. The molecule has 1 aliphatic rings. The number of nitrogens with one attached hydrogen (secondary N) is 2. The number of amides is 1. The Labute approximate surface area is 116 Å². The summed E-state index contributed by atoms with van der Waals surface area (Å²) in [6.45, 7) is 4.93. The molecule has 1 aromatic rings. The van der Waals surface area contributed by atoms with Crippen molar-refractivity contribution in [2.45, 2.75) is 26.2 Å². The Hall–Kier alpha value is -1.21. The van der Waals surface area contributed by atoms with E-state index in [9.17, 15) is 4.79 Å². The largest absolute Gasteiger partial charge is 0.381 e. The zero-order valence-corrected chi connectivity index (χ0v) is 12.0. The molecule has 1 heterocycles. The van der Waals surface area contributed by atoms with Gasteiger partial charge in [0.25, 0.3) is 5.91 Å². The van der Waals surface area contributed by atoms with E-state index in [1.54, 1.807) is 0 Å². The van der Waals surface area contributed by atoms with Gasteiger partial charge in [-0.05, 0) is 32.1 Å². The van der Waals surface area contributed by atoms with Crippen LogP contribution in [0.15, 0.2) is 0 Å². The summed E-state index contributed by atoms with van der Waals surface area (Å²) in [7, 11) is 0. The minimum Gasteiger partial charge on any atom is -0.381 e. The van der Waals surface area contributed by atoms with Crippen LogP contribution in [0.1, 0.15) is 36.0 Å². The molecule has 1 saturated carbocycles. The lowest BCUT2D eigenvalue weighted by molar-refractivity contribution is 0.0936. The van der Waals surface area contributed by atoms with Gasteiger partial charge in [0.15, 0.2) is 0 Å². The molecule has 1 amide bonds. The third kappa shape index (κ3) is 5.12. The maximum Gasteiger partial charge on any atom is 0.282 e. The van der Waals surface area contributed by atoms with Crippen LogP contribution in [0, 0.1) is 5.92 Å². The lowest BCUT2D eigenvalue weighted by Gasteiger charge is -2.04. The second-order valence-corrected chi connectivity index (χ2v) is 5.55. The van der Waals surface area contributed by atoms with E-state index in [0.29, 0.717) is 23.3 Å². The second kappa shape index (κ2) is 7.40. The van der Waals surface area contributed by atoms with Gasteiger partial charge in [-0.2, -0.15) is 0 Å². The maximum atomic E-state index is 11.7. The number of nitrogens with zero attached hydrogens (tertiary/aromatic N) is 2. The first-order chi connectivity index (χ1) is 9.29. The summed E-state index contributed by atoms with van der Waals surface area (Å²) in [5.41, 5.74) is 0. The van der Waals surface area contributed by atoms with Crippen LogP contribution in [0.4, 0.5) is 5.13 Å². The minimum atomic E-state index is -0.163. The normalized spacial score (nSPS) is 14.4. The highest BCUT2D eigenvalue weighted by atomic mass is 32.1. The molecule has 0 saturated heterocycles. The van der Waals surface area contributed by atoms with Gasteiger partial charge in [-0.15, -0.1) is 10.2 Å². The average molecular weight is 284 g/mol. The molecule has 0 atom stereocenters. The zero-order chi connectivity index (χ0) is 13.5. The topological polar surface area (TPSA) is 76.1 Å². The maximum absolute atomic E-state index is 11.7. The van der Waals surface area contributed by atoms with Crippen LogP contribution < -0.4 is 10.6 Å². The van der Waals surface area contributed by atoms with Gasteiger partial charge in [-0.25, -0.2) is 0 Å². The predicted octanol–water partition coefficient (Wildman–Crippen LogP) is 1.52. The smallest absolute Gasteiger partial charge is 0.282 e. The number of hydrogen-bond donors (Lipinski definition) is 2. The average Bonchev–Trinajstić information content (AvgIpc) is 3.11. The molecule has 1 fully saturated rings. The van der Waals surface area contributed by atoms with Crippen molar-refractivity contribution in [1.29, 1.82) is 0 Å². The molecule has 2 N–H and O–H groups in total. The van der Waals surface area contributed by atoms with E-state index in [2.05, 4.69) is 20.8 Å². The van der Waals surface area contributed by atoms with Crippen molar-refractivity contribution < 1.29 is 9.53 Å². The fourth-order valence-electron chi connectivity index (χ4n) is 1.52. The monoisotopic (exact) mass is 284 g/mol. The number of aromatic nitrogens is 2. The SMILES string of the molecule is CCNc1nnc(C(=O)NCCCOCC2CC2)s1. The van der Waals surface area contributed by atoms with Gasteiger partial charge in [0.1, 0.15) is 0 Å². The molecule has 1 aromatic heterocycles. The van der Waals surface area contributed by atoms with Crippen LogP contribution >= 0.6 is 11.3 Å². The molecule has 0 aliphatic heterocycles. The summed E-state index contributed by atoms with van der Waals surface area (Å²) in [5.74, 6) is 0.629. The van der Waals surface area contributed by atoms with Gasteiger partial charge in [0, 0.05) is 26.3 Å². The van der Waals surface area contributed by atoms with Gasteiger partial charge in [-0.1, -0.05) is 11.3 Å². The van der Waals surface area contributed by atoms with E-state index in [-0.39, 0.29) is 5.91 Å². The molecule has 0 bridgehead atoms. The predicted molar refractivity (Wildman–Crippen MR) is 74.6 cm³/mol. The Kier molecular flexibility index (Phi) is 5.53. The second-order valence-electron chi connectivity index (χ2n) is 4.57. The Bertz CT molecular complexity index is 406. The highest BCUT2D eigenvalue weighted by Crippen LogP contribution is 2.28. The molecular formula is C12H20N4O2S. The van der Waals surface area contributed by atoms with Gasteiger partial charge in [-0.3, -0.25) is 4.79 Å². The number of hydrogen-bond acceptors (Lipinski definition) is 6. The van der Waals surface area contributed by atoms with Crippen molar-refractivity contribution in [2.24, 2.45) is 5.92 Å². The van der Waals surface area contributed by atoms with Crippen molar-refractivity contribution in [2.75, 3.05) is 31.6 Å². The first kappa shape index (κ1) is 14.2. The van der Waals surface area contributed by atoms with E-state index in [0.717, 1.165) is 25.5 Å². The summed E-state index contributed by atoms with van der Waals surface area (Å²) < 4.78 is 5.49. The van der Waals surface area contributed by atoms with E-state index in [4.69, 9.17) is 4.74 Å². The molecule has 6 nitrogen and oxygen atoms in total. The van der Waals surface area contributed by atoms with Crippen molar-refractivity contribution in [3.8, 4) is 0 Å². The van der Waals surface area contributed by atoms with Crippen LogP contribution in [0.2, 0.25) is 0 Å². The van der Waals surface area contributed by atoms with Crippen molar-refractivity contribution in [3.05, 3.63) is 5.01 Å². The Morgan fingerprint density at radius 2 is 2.32 bits per heavy atom. The Morgan fingerprint density at radius 1 is 1.47 bits per heavy atom. The fraction of sp³-hybridized carbons (Fsp3) is 0.750. The minimum absolute atomic E-state index is 0.163. The first-order valence-electron chi connectivity index (χ1n) is 6.73. The first-order valence-corrected chi connectivity index (χ1v) is 7.54. The van der Waals surface area contributed by atoms with Crippen molar-refractivity contribution in [1.82, 2.24) is 15.5 Å². The number of ether oxygens (including phenoxy) is 1. The number of carbonyl (C=O) groups excluding carboxylic acids is 1.